The fourth-order valence-electron chi connectivity index (χ4n) is 0.729. The highest BCUT2D eigenvalue weighted by Crippen LogP contribution is 2.36. The van der Waals surface area contributed by atoms with Crippen molar-refractivity contribution in [3.8, 4) is 0 Å². The molecule has 0 bridgehead atoms. The van der Waals surface area contributed by atoms with Crippen LogP contribution in [-0.4, -0.2) is 41.0 Å². The van der Waals surface area contributed by atoms with Crippen LogP contribution < -0.4 is 0 Å². The molecule has 0 aromatic heterocycles. The molecule has 0 heterocycles. The van der Waals surface area contributed by atoms with Gasteiger partial charge in [-0.15, -0.1) is 0 Å². The van der Waals surface area contributed by atoms with Crippen LogP contribution in [0.5, 0.6) is 0 Å². The van der Waals surface area contributed by atoms with Crippen LogP contribution in [0.25, 0.3) is 0 Å². The first kappa shape index (κ1) is 14.6. The molecule has 0 amide bonds. The van der Waals surface area contributed by atoms with Crippen LogP contribution in [0.1, 0.15) is 27.7 Å². The molecule has 14 heavy (non-hydrogen) atoms. The maximum absolute atomic E-state index is 5.83. The van der Waals surface area contributed by atoms with Crippen molar-refractivity contribution in [2.24, 2.45) is 0 Å². The molecule has 4 heteroatoms. The molecule has 0 saturated heterocycles. The van der Waals surface area contributed by atoms with Crippen molar-refractivity contribution in [2.75, 3.05) is 25.2 Å². The van der Waals surface area contributed by atoms with Gasteiger partial charge in [-0.2, -0.15) is 0 Å². The average molecular weight is 283 g/mol. The highest BCUT2D eigenvalue weighted by molar-refractivity contribution is 9.09. The van der Waals surface area contributed by atoms with Gasteiger partial charge in [0, 0.05) is 15.6 Å². The SMILES string of the molecule is CC(C)([SiH3])C(C)(C)OCCOCCBr. The molecule has 0 rings (SSSR count). The monoisotopic (exact) mass is 282 g/mol. The molecule has 0 fully saturated rings. The second-order valence-electron chi connectivity index (χ2n) is 4.91. The molecule has 0 unspecified atom stereocenters. The molecule has 0 spiro atoms. The van der Waals surface area contributed by atoms with E-state index in [0.29, 0.717) is 18.3 Å². The largest absolute Gasteiger partial charge is 0.378 e. The van der Waals surface area contributed by atoms with E-state index < -0.39 is 0 Å². The minimum atomic E-state index is -0.0447. The summed E-state index contributed by atoms with van der Waals surface area (Å²) in [4.78, 5) is 0. The topological polar surface area (TPSA) is 18.5 Å². The molecule has 0 aromatic rings. The Morgan fingerprint density at radius 3 is 2.07 bits per heavy atom. The van der Waals surface area contributed by atoms with Gasteiger partial charge in [-0.05, 0) is 18.9 Å². The van der Waals surface area contributed by atoms with Gasteiger partial charge in [0.25, 0.3) is 0 Å². The third-order valence-electron chi connectivity index (χ3n) is 2.72. The van der Waals surface area contributed by atoms with Crippen molar-refractivity contribution < 1.29 is 9.47 Å². The summed E-state index contributed by atoms with van der Waals surface area (Å²) in [6, 6.07) is 0. The van der Waals surface area contributed by atoms with E-state index in [1.165, 1.54) is 0 Å². The van der Waals surface area contributed by atoms with Gasteiger partial charge in [0.1, 0.15) is 0 Å². The standard InChI is InChI=1S/C10H23BrO2Si/c1-9(2,10(3,4)14)13-8-7-12-6-5-11/h5-8H2,1-4,14H3. The number of rotatable bonds is 7. The zero-order chi connectivity index (χ0) is 11.2. The molecular formula is C10H23BrO2Si. The van der Waals surface area contributed by atoms with Crippen LogP contribution in [0, 0.1) is 0 Å². The molecule has 0 radical (unpaired) electrons. The van der Waals surface area contributed by atoms with Gasteiger partial charge in [-0.1, -0.05) is 29.8 Å². The van der Waals surface area contributed by atoms with Crippen molar-refractivity contribution in [1.82, 2.24) is 0 Å². The summed E-state index contributed by atoms with van der Waals surface area (Å²) in [5.41, 5.74) is -0.0447. The summed E-state index contributed by atoms with van der Waals surface area (Å²) in [6.07, 6.45) is 0. The highest BCUT2D eigenvalue weighted by Gasteiger charge is 2.33. The first-order valence-electron chi connectivity index (χ1n) is 5.09. The lowest BCUT2D eigenvalue weighted by Gasteiger charge is -2.38. The van der Waals surface area contributed by atoms with Crippen LogP contribution in [-0.2, 0) is 9.47 Å². The number of hydrogen-bond acceptors (Lipinski definition) is 2. The lowest BCUT2D eigenvalue weighted by Crippen LogP contribution is -2.37. The van der Waals surface area contributed by atoms with Gasteiger partial charge in [0.15, 0.2) is 0 Å². The van der Waals surface area contributed by atoms with Crippen LogP contribution in [0.3, 0.4) is 0 Å². The van der Waals surface area contributed by atoms with Crippen molar-refractivity contribution in [2.45, 2.75) is 38.3 Å². The zero-order valence-electron chi connectivity index (χ0n) is 10.0. The maximum atomic E-state index is 5.83. The van der Waals surface area contributed by atoms with Gasteiger partial charge in [0.05, 0.1) is 25.4 Å². The Hall–Kier alpha value is 0.617. The van der Waals surface area contributed by atoms with Gasteiger partial charge < -0.3 is 9.47 Å². The van der Waals surface area contributed by atoms with E-state index >= 15 is 0 Å². The van der Waals surface area contributed by atoms with Gasteiger partial charge in [0.2, 0.25) is 0 Å². The number of halogens is 1. The molecule has 0 atom stereocenters. The molecule has 0 aliphatic carbocycles. The molecular weight excluding hydrogens is 260 g/mol. The molecule has 0 aliphatic rings. The summed E-state index contributed by atoms with van der Waals surface area (Å²) < 4.78 is 11.2. The minimum absolute atomic E-state index is 0.0447. The first-order chi connectivity index (χ1) is 6.31. The Bertz CT molecular complexity index is 155. The Morgan fingerprint density at radius 2 is 1.64 bits per heavy atom. The number of ether oxygens (including phenoxy) is 2. The van der Waals surface area contributed by atoms with Crippen LogP contribution in [0.4, 0.5) is 0 Å². The summed E-state index contributed by atoms with van der Waals surface area (Å²) in [6.45, 7) is 10.9. The van der Waals surface area contributed by atoms with Crippen molar-refractivity contribution in [3.63, 3.8) is 0 Å². The van der Waals surface area contributed by atoms with E-state index in [1.807, 2.05) is 0 Å². The third-order valence-corrected chi connectivity index (χ3v) is 4.25. The Labute approximate surface area is 99.3 Å². The summed E-state index contributed by atoms with van der Waals surface area (Å²) in [5, 5.41) is 1.19. The van der Waals surface area contributed by atoms with Gasteiger partial charge in [-0.3, -0.25) is 0 Å². The fraction of sp³-hybridized carbons (Fsp3) is 1.00. The van der Waals surface area contributed by atoms with E-state index in [0.717, 1.165) is 22.2 Å². The molecule has 0 aliphatic heterocycles. The lowest BCUT2D eigenvalue weighted by atomic mass is 9.93. The second-order valence-corrected chi connectivity index (χ2v) is 8.20. The lowest BCUT2D eigenvalue weighted by molar-refractivity contribution is -0.0644. The number of alkyl halides is 1. The molecule has 0 N–H and O–H groups in total. The van der Waals surface area contributed by atoms with Gasteiger partial charge in [-0.25, -0.2) is 0 Å². The minimum Gasteiger partial charge on any atom is -0.378 e. The van der Waals surface area contributed by atoms with E-state index in [-0.39, 0.29) is 5.60 Å². The van der Waals surface area contributed by atoms with Crippen molar-refractivity contribution >= 4 is 26.2 Å². The second kappa shape index (κ2) is 6.25. The summed E-state index contributed by atoms with van der Waals surface area (Å²) in [7, 11) is 1.13. The molecule has 0 saturated carbocycles. The Morgan fingerprint density at radius 1 is 1.07 bits per heavy atom. The molecule has 86 valence electrons. The summed E-state index contributed by atoms with van der Waals surface area (Å²) >= 11 is 3.31. The quantitative estimate of drug-likeness (QED) is 0.403. The van der Waals surface area contributed by atoms with E-state index in [2.05, 4.69) is 43.6 Å². The third kappa shape index (κ3) is 5.49. The van der Waals surface area contributed by atoms with Crippen LogP contribution in [0.2, 0.25) is 5.04 Å². The first-order valence-corrected chi connectivity index (χ1v) is 7.21. The fourth-order valence-corrected chi connectivity index (χ4v) is 1.10. The van der Waals surface area contributed by atoms with E-state index in [1.54, 1.807) is 0 Å². The molecule has 0 aromatic carbocycles. The highest BCUT2D eigenvalue weighted by atomic mass is 79.9. The van der Waals surface area contributed by atoms with Crippen molar-refractivity contribution in [1.29, 1.82) is 0 Å². The predicted molar refractivity (Wildman–Crippen MR) is 68.6 cm³/mol. The molecule has 2 nitrogen and oxygen atoms in total. The van der Waals surface area contributed by atoms with Gasteiger partial charge >= 0.3 is 0 Å². The van der Waals surface area contributed by atoms with Crippen LogP contribution in [0.15, 0.2) is 0 Å². The predicted octanol–water partition coefficient (Wildman–Crippen LogP) is 1.76. The van der Waals surface area contributed by atoms with Crippen LogP contribution >= 0.6 is 15.9 Å². The Kier molecular flexibility index (Phi) is 6.53. The number of hydrogen-bond donors (Lipinski definition) is 0. The summed E-state index contributed by atoms with van der Waals surface area (Å²) in [5.74, 6) is 0. The van der Waals surface area contributed by atoms with E-state index in [9.17, 15) is 0 Å². The van der Waals surface area contributed by atoms with E-state index in [4.69, 9.17) is 9.47 Å². The Balaban J connectivity index is 3.67. The zero-order valence-corrected chi connectivity index (χ0v) is 13.6. The average Bonchev–Trinajstić information content (AvgIpc) is 2.02. The maximum Gasteiger partial charge on any atom is 0.0707 e. The smallest absolute Gasteiger partial charge is 0.0707 e. The normalized spacial score (nSPS) is 13.5. The van der Waals surface area contributed by atoms with Crippen molar-refractivity contribution in [3.05, 3.63) is 0 Å².